The van der Waals surface area contributed by atoms with Gasteiger partial charge in [-0.15, -0.1) is 0 Å². The van der Waals surface area contributed by atoms with Crippen molar-refractivity contribution in [2.24, 2.45) is 5.92 Å². The summed E-state index contributed by atoms with van der Waals surface area (Å²) in [5.74, 6) is 0.108. The minimum absolute atomic E-state index is 0.0215. The van der Waals surface area contributed by atoms with Crippen LogP contribution in [0.15, 0.2) is 36.4 Å². The Kier molecular flexibility index (Phi) is 2.87. The van der Waals surface area contributed by atoms with E-state index in [0.717, 1.165) is 30.5 Å². The number of allylic oxidation sites excluding steroid dienone is 2. The molecule has 3 nitrogen and oxygen atoms in total. The van der Waals surface area contributed by atoms with Crippen LogP contribution in [0.4, 0.5) is 5.69 Å². The Morgan fingerprint density at radius 1 is 1.42 bits per heavy atom. The molecule has 2 aliphatic rings. The molecule has 1 aromatic carbocycles. The fourth-order valence-electron chi connectivity index (χ4n) is 3.36. The van der Waals surface area contributed by atoms with Gasteiger partial charge in [0.1, 0.15) is 0 Å². The highest BCUT2D eigenvalue weighted by Crippen LogP contribution is 2.48. The van der Waals surface area contributed by atoms with Gasteiger partial charge in [0.25, 0.3) is 0 Å². The van der Waals surface area contributed by atoms with Crippen molar-refractivity contribution in [1.82, 2.24) is 0 Å². The minimum atomic E-state index is -0.692. The molecular weight excluding hydrogens is 236 g/mol. The van der Waals surface area contributed by atoms with Gasteiger partial charge in [0.15, 0.2) is 0 Å². The van der Waals surface area contributed by atoms with Crippen molar-refractivity contribution in [3.05, 3.63) is 42.0 Å². The predicted molar refractivity (Wildman–Crippen MR) is 73.5 cm³/mol. The number of nitriles is 1. The molecule has 0 fully saturated rings. The first-order valence-corrected chi connectivity index (χ1v) is 6.73. The van der Waals surface area contributed by atoms with Crippen LogP contribution in [0.25, 0.3) is 0 Å². The standard InChI is InChI=1S/C16H16N2O/c17-11-10-16(12-6-2-1-3-7-12)13-8-4-5-9-14(13)18-15(16)19/h2,4-6,8-9,12H,1,3,7,10H2,(H,18,19)/t12-,16+/m0/s1. The van der Waals surface area contributed by atoms with Crippen molar-refractivity contribution < 1.29 is 4.79 Å². The summed E-state index contributed by atoms with van der Waals surface area (Å²) in [4.78, 5) is 12.5. The van der Waals surface area contributed by atoms with E-state index in [4.69, 9.17) is 0 Å². The summed E-state index contributed by atoms with van der Waals surface area (Å²) in [6.07, 6.45) is 7.64. The molecule has 1 aromatic rings. The maximum atomic E-state index is 12.5. The number of hydrogen-bond donors (Lipinski definition) is 1. The number of carbonyl (C=O) groups is 1. The van der Waals surface area contributed by atoms with Crippen LogP contribution in [-0.4, -0.2) is 5.91 Å². The number of amides is 1. The molecule has 3 heteroatoms. The number of benzene rings is 1. The Morgan fingerprint density at radius 2 is 2.26 bits per heavy atom. The molecule has 3 rings (SSSR count). The normalized spacial score (nSPS) is 28.6. The lowest BCUT2D eigenvalue weighted by Gasteiger charge is -2.34. The summed E-state index contributed by atoms with van der Waals surface area (Å²) >= 11 is 0. The zero-order chi connectivity index (χ0) is 13.3. The third-order valence-corrected chi connectivity index (χ3v) is 4.31. The van der Waals surface area contributed by atoms with E-state index in [1.165, 1.54) is 0 Å². The monoisotopic (exact) mass is 252 g/mol. The summed E-state index contributed by atoms with van der Waals surface area (Å²) in [7, 11) is 0. The second-order valence-electron chi connectivity index (χ2n) is 5.27. The topological polar surface area (TPSA) is 52.9 Å². The highest BCUT2D eigenvalue weighted by molar-refractivity contribution is 6.06. The first kappa shape index (κ1) is 12.0. The minimum Gasteiger partial charge on any atom is -0.325 e. The van der Waals surface area contributed by atoms with Crippen molar-refractivity contribution in [3.63, 3.8) is 0 Å². The zero-order valence-electron chi connectivity index (χ0n) is 10.7. The molecule has 0 unspecified atom stereocenters. The molecule has 1 aliphatic carbocycles. The summed E-state index contributed by atoms with van der Waals surface area (Å²) in [5.41, 5.74) is 1.15. The van der Waals surface area contributed by atoms with Gasteiger partial charge >= 0.3 is 0 Å². The Labute approximate surface area is 112 Å². The second kappa shape index (κ2) is 4.55. The summed E-state index contributed by atoms with van der Waals surface area (Å²) in [6, 6.07) is 9.98. The van der Waals surface area contributed by atoms with Gasteiger partial charge < -0.3 is 5.32 Å². The molecule has 0 aromatic heterocycles. The molecule has 1 heterocycles. The van der Waals surface area contributed by atoms with Gasteiger partial charge in [-0.25, -0.2) is 0 Å². The van der Waals surface area contributed by atoms with Gasteiger partial charge in [-0.3, -0.25) is 4.79 Å². The Morgan fingerprint density at radius 3 is 3.00 bits per heavy atom. The van der Waals surface area contributed by atoms with Crippen molar-refractivity contribution in [1.29, 1.82) is 5.26 Å². The van der Waals surface area contributed by atoms with E-state index in [9.17, 15) is 10.1 Å². The summed E-state index contributed by atoms with van der Waals surface area (Å²) < 4.78 is 0. The molecule has 96 valence electrons. The average Bonchev–Trinajstić information content (AvgIpc) is 2.74. The Bertz CT molecular complexity index is 585. The van der Waals surface area contributed by atoms with Crippen molar-refractivity contribution >= 4 is 11.6 Å². The number of nitrogens with zero attached hydrogens (tertiary/aromatic N) is 1. The van der Waals surface area contributed by atoms with Crippen LogP contribution in [0.2, 0.25) is 0 Å². The third kappa shape index (κ3) is 1.67. The van der Waals surface area contributed by atoms with Crippen LogP contribution in [0, 0.1) is 17.2 Å². The van der Waals surface area contributed by atoms with E-state index in [0.29, 0.717) is 0 Å². The van der Waals surface area contributed by atoms with E-state index < -0.39 is 5.41 Å². The van der Waals surface area contributed by atoms with Gasteiger partial charge in [0.2, 0.25) is 5.91 Å². The molecule has 0 saturated heterocycles. The average molecular weight is 252 g/mol. The van der Waals surface area contributed by atoms with Crippen molar-refractivity contribution in [2.45, 2.75) is 31.1 Å². The van der Waals surface area contributed by atoms with Crippen LogP contribution < -0.4 is 5.32 Å². The first-order valence-electron chi connectivity index (χ1n) is 6.73. The molecule has 1 amide bonds. The van der Waals surface area contributed by atoms with E-state index in [-0.39, 0.29) is 18.2 Å². The van der Waals surface area contributed by atoms with Gasteiger partial charge in [-0.05, 0) is 36.8 Å². The maximum Gasteiger partial charge on any atom is 0.236 e. The SMILES string of the molecule is N#CC[C@]1([C@H]2C=CCCC2)C(=O)Nc2ccccc21. The van der Waals surface area contributed by atoms with Gasteiger partial charge in [-0.1, -0.05) is 30.4 Å². The lowest BCUT2D eigenvalue weighted by atomic mass is 9.66. The fourth-order valence-corrected chi connectivity index (χ4v) is 3.36. The number of hydrogen-bond acceptors (Lipinski definition) is 2. The number of fused-ring (bicyclic) bond motifs is 1. The summed E-state index contributed by atoms with van der Waals surface area (Å²) in [6.45, 7) is 0. The Balaban J connectivity index is 2.15. The first-order chi connectivity index (χ1) is 9.29. The fraction of sp³-hybridized carbons (Fsp3) is 0.375. The van der Waals surface area contributed by atoms with E-state index in [1.54, 1.807) is 0 Å². The van der Waals surface area contributed by atoms with Crippen LogP contribution in [-0.2, 0) is 10.2 Å². The second-order valence-corrected chi connectivity index (χ2v) is 5.27. The zero-order valence-corrected chi connectivity index (χ0v) is 10.7. The third-order valence-electron chi connectivity index (χ3n) is 4.31. The molecule has 2 atom stereocenters. The highest BCUT2D eigenvalue weighted by atomic mass is 16.2. The van der Waals surface area contributed by atoms with Crippen LogP contribution in [0.5, 0.6) is 0 Å². The number of nitrogens with one attached hydrogen (secondary N) is 1. The lowest BCUT2D eigenvalue weighted by Crippen LogP contribution is -2.41. The van der Waals surface area contributed by atoms with E-state index >= 15 is 0 Å². The van der Waals surface area contributed by atoms with Crippen LogP contribution >= 0.6 is 0 Å². The number of para-hydroxylation sites is 1. The molecule has 1 N–H and O–H groups in total. The molecule has 0 radical (unpaired) electrons. The van der Waals surface area contributed by atoms with Crippen molar-refractivity contribution in [3.8, 4) is 6.07 Å². The predicted octanol–water partition coefficient (Wildman–Crippen LogP) is 3.15. The maximum absolute atomic E-state index is 12.5. The van der Waals surface area contributed by atoms with E-state index in [1.807, 2.05) is 24.3 Å². The lowest BCUT2D eigenvalue weighted by molar-refractivity contribution is -0.122. The number of anilines is 1. The molecule has 0 bridgehead atoms. The largest absolute Gasteiger partial charge is 0.325 e. The van der Waals surface area contributed by atoms with Gasteiger partial charge in [-0.2, -0.15) is 5.26 Å². The van der Waals surface area contributed by atoms with Crippen molar-refractivity contribution in [2.75, 3.05) is 5.32 Å². The number of rotatable bonds is 2. The molecule has 0 saturated carbocycles. The van der Waals surface area contributed by atoms with Gasteiger partial charge in [0, 0.05) is 5.69 Å². The van der Waals surface area contributed by atoms with E-state index in [2.05, 4.69) is 23.5 Å². The molecule has 1 aliphatic heterocycles. The smallest absolute Gasteiger partial charge is 0.236 e. The Hall–Kier alpha value is -2.08. The quantitative estimate of drug-likeness (QED) is 0.822. The number of carbonyl (C=O) groups excluding carboxylic acids is 1. The molecule has 0 spiro atoms. The van der Waals surface area contributed by atoms with Gasteiger partial charge in [0.05, 0.1) is 17.9 Å². The van der Waals surface area contributed by atoms with Crippen LogP contribution in [0.3, 0.4) is 0 Å². The molecule has 19 heavy (non-hydrogen) atoms. The van der Waals surface area contributed by atoms with Crippen LogP contribution in [0.1, 0.15) is 31.2 Å². The summed E-state index contributed by atoms with van der Waals surface area (Å²) in [5, 5.41) is 12.2. The highest BCUT2D eigenvalue weighted by Gasteiger charge is 2.51. The molecular formula is C16H16N2O.